The molecule has 0 spiro atoms. The number of aryl methyl sites for hydroxylation is 2. The van der Waals surface area contributed by atoms with Crippen molar-refractivity contribution in [3.63, 3.8) is 0 Å². The van der Waals surface area contributed by atoms with Gasteiger partial charge in [0.25, 0.3) is 5.91 Å². The van der Waals surface area contributed by atoms with Gasteiger partial charge in [-0.15, -0.1) is 0 Å². The zero-order valence-corrected chi connectivity index (χ0v) is 13.1. The van der Waals surface area contributed by atoms with Crippen LogP contribution in [0, 0.1) is 0 Å². The summed E-state index contributed by atoms with van der Waals surface area (Å²) in [7, 11) is 0. The van der Waals surface area contributed by atoms with Gasteiger partial charge >= 0.3 is 0 Å². The maximum atomic E-state index is 12.4. The number of H-pyrrole nitrogens is 1. The number of pyridine rings is 1. The lowest BCUT2D eigenvalue weighted by Crippen LogP contribution is -2.14. The van der Waals surface area contributed by atoms with Crippen molar-refractivity contribution >= 4 is 11.7 Å². The lowest BCUT2D eigenvalue weighted by Gasteiger charge is -2.03. The van der Waals surface area contributed by atoms with Gasteiger partial charge in [-0.05, 0) is 37.0 Å². The fourth-order valence-electron chi connectivity index (χ4n) is 2.69. The number of hydrogen-bond donors (Lipinski definition) is 2. The maximum absolute atomic E-state index is 12.4. The summed E-state index contributed by atoms with van der Waals surface area (Å²) in [5, 5.41) is 14.2. The fraction of sp³-hybridized carbons (Fsp3) is 0.294. The Morgan fingerprint density at radius 1 is 1.29 bits per heavy atom. The standard InChI is InChI=1S/C17H18N6O/c24-17(14-11-19-21-16(14)13-1-2-13)20-15-6-10-23(22-15)9-5-12-3-7-18-8-4-12/h3-4,6-8,10-11,13H,1-2,5,9H2,(H,19,21)(H,20,22,24). The van der Waals surface area contributed by atoms with Gasteiger partial charge in [-0.2, -0.15) is 10.2 Å². The highest BCUT2D eigenvalue weighted by Gasteiger charge is 2.30. The molecule has 0 unspecified atom stereocenters. The Hall–Kier alpha value is -2.96. The highest BCUT2D eigenvalue weighted by Crippen LogP contribution is 2.40. The lowest BCUT2D eigenvalue weighted by atomic mass is 10.2. The molecule has 7 heteroatoms. The van der Waals surface area contributed by atoms with Gasteiger partial charge in [-0.1, -0.05) is 0 Å². The Kier molecular flexibility index (Phi) is 3.82. The van der Waals surface area contributed by atoms with E-state index in [0.29, 0.717) is 17.3 Å². The van der Waals surface area contributed by atoms with Crippen LogP contribution in [0.5, 0.6) is 0 Å². The molecule has 1 aliphatic carbocycles. The number of aromatic nitrogens is 5. The van der Waals surface area contributed by atoms with Crippen LogP contribution in [0.4, 0.5) is 5.82 Å². The zero-order valence-electron chi connectivity index (χ0n) is 13.1. The average Bonchev–Trinajstić information content (AvgIpc) is 3.16. The van der Waals surface area contributed by atoms with Crippen molar-refractivity contribution in [2.75, 3.05) is 5.32 Å². The number of rotatable bonds is 6. The SMILES string of the molecule is O=C(Nc1ccn(CCc2ccncc2)n1)c1cn[nH]c1C1CC1. The van der Waals surface area contributed by atoms with E-state index in [0.717, 1.165) is 31.5 Å². The van der Waals surface area contributed by atoms with Gasteiger partial charge in [0.2, 0.25) is 0 Å². The molecule has 24 heavy (non-hydrogen) atoms. The molecule has 3 aromatic rings. The van der Waals surface area contributed by atoms with Crippen molar-refractivity contribution in [2.24, 2.45) is 0 Å². The van der Waals surface area contributed by atoms with Gasteiger partial charge in [0.15, 0.2) is 5.82 Å². The van der Waals surface area contributed by atoms with Crippen LogP contribution in [-0.4, -0.2) is 30.9 Å². The van der Waals surface area contributed by atoms with Crippen LogP contribution in [0.1, 0.15) is 40.4 Å². The summed E-state index contributed by atoms with van der Waals surface area (Å²) in [5.41, 5.74) is 2.76. The second-order valence-corrected chi connectivity index (χ2v) is 6.00. The second kappa shape index (κ2) is 6.27. The molecule has 0 atom stereocenters. The van der Waals surface area contributed by atoms with Gasteiger partial charge in [0, 0.05) is 37.1 Å². The largest absolute Gasteiger partial charge is 0.305 e. The molecule has 1 saturated carbocycles. The van der Waals surface area contributed by atoms with E-state index < -0.39 is 0 Å². The molecule has 4 rings (SSSR count). The molecule has 0 radical (unpaired) electrons. The van der Waals surface area contributed by atoms with Crippen LogP contribution in [0.15, 0.2) is 43.0 Å². The topological polar surface area (TPSA) is 88.5 Å². The van der Waals surface area contributed by atoms with E-state index in [2.05, 4.69) is 25.6 Å². The van der Waals surface area contributed by atoms with Gasteiger partial charge in [0.05, 0.1) is 17.5 Å². The molecule has 1 aliphatic rings. The van der Waals surface area contributed by atoms with Gasteiger partial charge in [-0.25, -0.2) is 0 Å². The van der Waals surface area contributed by atoms with Crippen LogP contribution in [0.2, 0.25) is 0 Å². The first-order valence-electron chi connectivity index (χ1n) is 8.06. The molecule has 7 nitrogen and oxygen atoms in total. The Bertz CT molecular complexity index is 834. The molecule has 1 amide bonds. The summed E-state index contributed by atoms with van der Waals surface area (Å²) >= 11 is 0. The fourth-order valence-corrected chi connectivity index (χ4v) is 2.69. The summed E-state index contributed by atoms with van der Waals surface area (Å²) in [6.07, 6.45) is 10.1. The van der Waals surface area contributed by atoms with Crippen molar-refractivity contribution in [2.45, 2.75) is 31.7 Å². The average molecular weight is 322 g/mol. The number of nitrogens with one attached hydrogen (secondary N) is 2. The Morgan fingerprint density at radius 2 is 2.12 bits per heavy atom. The molecule has 0 aliphatic heterocycles. The van der Waals surface area contributed by atoms with Crippen molar-refractivity contribution in [1.82, 2.24) is 25.0 Å². The predicted molar refractivity (Wildman–Crippen MR) is 88.7 cm³/mol. The second-order valence-electron chi connectivity index (χ2n) is 6.00. The molecule has 0 saturated heterocycles. The highest BCUT2D eigenvalue weighted by atomic mass is 16.1. The van der Waals surface area contributed by atoms with E-state index in [1.54, 1.807) is 24.7 Å². The first kappa shape index (κ1) is 14.6. The molecule has 0 aromatic carbocycles. The van der Waals surface area contributed by atoms with Crippen molar-refractivity contribution in [3.05, 3.63) is 59.8 Å². The lowest BCUT2D eigenvalue weighted by molar-refractivity contribution is 0.102. The number of hydrogen-bond acceptors (Lipinski definition) is 4. The third kappa shape index (κ3) is 3.19. The summed E-state index contributed by atoms with van der Waals surface area (Å²) in [6.45, 7) is 0.749. The number of anilines is 1. The molecule has 122 valence electrons. The number of aromatic amines is 1. The Labute approximate surface area is 139 Å². The summed E-state index contributed by atoms with van der Waals surface area (Å²) in [5.74, 6) is 0.842. The smallest absolute Gasteiger partial charge is 0.260 e. The molecule has 1 fully saturated rings. The van der Waals surface area contributed by atoms with E-state index in [4.69, 9.17) is 0 Å². The quantitative estimate of drug-likeness (QED) is 0.729. The zero-order chi connectivity index (χ0) is 16.4. The first-order chi connectivity index (χ1) is 11.8. The predicted octanol–water partition coefficient (Wildman–Crippen LogP) is 2.37. The minimum Gasteiger partial charge on any atom is -0.305 e. The third-order valence-electron chi connectivity index (χ3n) is 4.16. The van der Waals surface area contributed by atoms with Crippen molar-refractivity contribution in [3.8, 4) is 0 Å². The highest BCUT2D eigenvalue weighted by molar-refractivity contribution is 6.04. The molecule has 0 bridgehead atoms. The minimum absolute atomic E-state index is 0.162. The van der Waals surface area contributed by atoms with E-state index in [9.17, 15) is 4.79 Å². The monoisotopic (exact) mass is 322 g/mol. The van der Waals surface area contributed by atoms with Crippen LogP contribution >= 0.6 is 0 Å². The van der Waals surface area contributed by atoms with E-state index >= 15 is 0 Å². The minimum atomic E-state index is -0.162. The molecule has 3 aromatic heterocycles. The number of carbonyl (C=O) groups excluding carboxylic acids is 1. The summed E-state index contributed by atoms with van der Waals surface area (Å²) in [6, 6.07) is 5.79. The Balaban J connectivity index is 1.38. The number of carbonyl (C=O) groups is 1. The van der Waals surface area contributed by atoms with E-state index in [1.165, 1.54) is 5.56 Å². The molecule has 2 N–H and O–H groups in total. The number of amides is 1. The molecular weight excluding hydrogens is 304 g/mol. The molecule has 3 heterocycles. The van der Waals surface area contributed by atoms with Crippen molar-refractivity contribution in [1.29, 1.82) is 0 Å². The normalized spacial score (nSPS) is 13.8. The number of nitrogens with zero attached hydrogens (tertiary/aromatic N) is 4. The van der Waals surface area contributed by atoms with E-state index in [1.807, 2.05) is 23.0 Å². The summed E-state index contributed by atoms with van der Waals surface area (Å²) in [4.78, 5) is 16.4. The maximum Gasteiger partial charge on any atom is 0.260 e. The van der Waals surface area contributed by atoms with Gasteiger partial charge in [0.1, 0.15) is 0 Å². The van der Waals surface area contributed by atoms with Crippen LogP contribution in [-0.2, 0) is 13.0 Å². The van der Waals surface area contributed by atoms with Crippen LogP contribution in [0.25, 0.3) is 0 Å². The van der Waals surface area contributed by atoms with Gasteiger partial charge in [-0.3, -0.25) is 19.6 Å². The summed E-state index contributed by atoms with van der Waals surface area (Å²) < 4.78 is 1.83. The van der Waals surface area contributed by atoms with Crippen LogP contribution in [0.3, 0.4) is 0 Å². The van der Waals surface area contributed by atoms with Crippen molar-refractivity contribution < 1.29 is 4.79 Å². The molecular formula is C17H18N6O. The van der Waals surface area contributed by atoms with Gasteiger partial charge < -0.3 is 5.32 Å². The first-order valence-corrected chi connectivity index (χ1v) is 8.06. The van der Waals surface area contributed by atoms with E-state index in [-0.39, 0.29) is 5.91 Å². The van der Waals surface area contributed by atoms with Crippen LogP contribution < -0.4 is 5.32 Å². The Morgan fingerprint density at radius 3 is 2.92 bits per heavy atom. The third-order valence-corrected chi connectivity index (χ3v) is 4.16.